The number of anilines is 1. The number of hydrogen-bond acceptors (Lipinski definition) is 3. The number of aromatic amines is 1. The van der Waals surface area contributed by atoms with Crippen molar-refractivity contribution in [1.82, 2.24) is 9.88 Å². The maximum atomic E-state index is 12.6. The number of aromatic nitrogens is 1. The molecule has 1 heterocycles. The molecule has 1 aromatic heterocycles. The SMILES string of the molecule is Cc1ccc2cc(CN(CCO)C(=O)Nc3ccccc3)c(=O)[nH]c2c1C. The maximum absolute atomic E-state index is 12.6. The van der Waals surface area contributed by atoms with Gasteiger partial charge in [0.2, 0.25) is 0 Å². The first kappa shape index (κ1) is 18.7. The Bertz CT molecular complexity index is 1010. The number of benzene rings is 2. The largest absolute Gasteiger partial charge is 0.395 e. The molecule has 0 bridgehead atoms. The van der Waals surface area contributed by atoms with Crippen molar-refractivity contribution in [2.45, 2.75) is 20.4 Å². The lowest BCUT2D eigenvalue weighted by molar-refractivity contribution is 0.185. The van der Waals surface area contributed by atoms with Crippen LogP contribution in [0.1, 0.15) is 16.7 Å². The Morgan fingerprint density at radius 3 is 2.59 bits per heavy atom. The average Bonchev–Trinajstić information content (AvgIpc) is 2.66. The predicted molar refractivity (Wildman–Crippen MR) is 107 cm³/mol. The van der Waals surface area contributed by atoms with Gasteiger partial charge < -0.3 is 20.3 Å². The summed E-state index contributed by atoms with van der Waals surface area (Å²) in [4.78, 5) is 29.5. The second kappa shape index (κ2) is 8.05. The van der Waals surface area contributed by atoms with Crippen molar-refractivity contribution in [1.29, 1.82) is 0 Å². The number of H-pyrrole nitrogens is 1. The Labute approximate surface area is 157 Å². The Hall–Kier alpha value is -3.12. The molecule has 0 saturated heterocycles. The van der Waals surface area contributed by atoms with Crippen molar-refractivity contribution >= 4 is 22.6 Å². The van der Waals surface area contributed by atoms with Gasteiger partial charge in [-0.3, -0.25) is 4.79 Å². The molecule has 0 aliphatic rings. The van der Waals surface area contributed by atoms with Crippen LogP contribution in [-0.4, -0.2) is 34.2 Å². The number of amides is 2. The molecule has 0 unspecified atom stereocenters. The lowest BCUT2D eigenvalue weighted by Gasteiger charge is -2.22. The van der Waals surface area contributed by atoms with Gasteiger partial charge in [0.25, 0.3) is 5.56 Å². The third kappa shape index (κ3) is 4.17. The van der Waals surface area contributed by atoms with Gasteiger partial charge in [-0.15, -0.1) is 0 Å². The Kier molecular flexibility index (Phi) is 5.57. The van der Waals surface area contributed by atoms with E-state index in [-0.39, 0.29) is 31.3 Å². The summed E-state index contributed by atoms with van der Waals surface area (Å²) in [5.41, 5.74) is 3.85. The summed E-state index contributed by atoms with van der Waals surface area (Å²) in [6.45, 7) is 4.02. The zero-order valence-corrected chi connectivity index (χ0v) is 15.5. The van der Waals surface area contributed by atoms with Crippen molar-refractivity contribution in [2.24, 2.45) is 0 Å². The second-order valence-corrected chi connectivity index (χ2v) is 6.54. The number of nitrogens with zero attached hydrogens (tertiary/aromatic N) is 1. The fourth-order valence-electron chi connectivity index (χ4n) is 2.99. The Morgan fingerprint density at radius 1 is 1.15 bits per heavy atom. The quantitative estimate of drug-likeness (QED) is 0.649. The van der Waals surface area contributed by atoms with Crippen molar-refractivity contribution in [3.63, 3.8) is 0 Å². The van der Waals surface area contributed by atoms with E-state index in [2.05, 4.69) is 10.3 Å². The van der Waals surface area contributed by atoms with Crippen LogP contribution in [0.25, 0.3) is 10.9 Å². The van der Waals surface area contributed by atoms with Crippen molar-refractivity contribution in [2.75, 3.05) is 18.5 Å². The van der Waals surface area contributed by atoms with Gasteiger partial charge in [-0.25, -0.2) is 4.79 Å². The molecule has 0 radical (unpaired) electrons. The number of fused-ring (bicyclic) bond motifs is 1. The third-order valence-electron chi connectivity index (χ3n) is 4.67. The fraction of sp³-hybridized carbons (Fsp3) is 0.238. The molecule has 140 valence electrons. The van der Waals surface area contributed by atoms with Crippen molar-refractivity contribution in [3.05, 3.63) is 75.6 Å². The summed E-state index contributed by atoms with van der Waals surface area (Å²) >= 11 is 0. The smallest absolute Gasteiger partial charge is 0.322 e. The first-order chi connectivity index (χ1) is 13.0. The van der Waals surface area contributed by atoms with E-state index < -0.39 is 0 Å². The van der Waals surface area contributed by atoms with Crippen LogP contribution in [0.5, 0.6) is 0 Å². The monoisotopic (exact) mass is 365 g/mol. The number of urea groups is 1. The molecule has 0 aliphatic heterocycles. The number of aliphatic hydroxyl groups is 1. The van der Waals surface area contributed by atoms with E-state index in [4.69, 9.17) is 0 Å². The topological polar surface area (TPSA) is 85.4 Å². The van der Waals surface area contributed by atoms with E-state index in [1.807, 2.05) is 44.2 Å². The van der Waals surface area contributed by atoms with Crippen LogP contribution in [0.2, 0.25) is 0 Å². The predicted octanol–water partition coefficient (Wildman–Crippen LogP) is 3.17. The van der Waals surface area contributed by atoms with E-state index >= 15 is 0 Å². The Morgan fingerprint density at radius 2 is 1.89 bits per heavy atom. The number of aryl methyl sites for hydroxylation is 2. The molecule has 3 aromatic rings. The minimum atomic E-state index is -0.366. The first-order valence-corrected chi connectivity index (χ1v) is 8.83. The molecule has 6 heteroatoms. The maximum Gasteiger partial charge on any atom is 0.322 e. The van der Waals surface area contributed by atoms with E-state index in [0.29, 0.717) is 11.3 Å². The van der Waals surface area contributed by atoms with Crippen molar-refractivity contribution in [3.8, 4) is 0 Å². The minimum absolute atomic E-state index is 0.109. The molecule has 0 aliphatic carbocycles. The van der Waals surface area contributed by atoms with E-state index in [0.717, 1.165) is 22.0 Å². The summed E-state index contributed by atoms with van der Waals surface area (Å²) in [5, 5.41) is 13.0. The summed E-state index contributed by atoms with van der Waals surface area (Å²) in [6, 6.07) is 14.5. The molecule has 0 atom stereocenters. The zero-order chi connectivity index (χ0) is 19.4. The van der Waals surface area contributed by atoms with Gasteiger partial charge in [0.1, 0.15) is 0 Å². The number of carbonyl (C=O) groups excluding carboxylic acids is 1. The normalized spacial score (nSPS) is 10.8. The van der Waals surface area contributed by atoms with Gasteiger partial charge in [0, 0.05) is 17.8 Å². The highest BCUT2D eigenvalue weighted by atomic mass is 16.3. The Balaban J connectivity index is 1.88. The van der Waals surface area contributed by atoms with Crippen LogP contribution in [0, 0.1) is 13.8 Å². The molecule has 0 fully saturated rings. The minimum Gasteiger partial charge on any atom is -0.395 e. The summed E-state index contributed by atoms with van der Waals surface area (Å²) in [6.07, 6.45) is 0. The first-order valence-electron chi connectivity index (χ1n) is 8.83. The van der Waals surface area contributed by atoms with Crippen LogP contribution < -0.4 is 10.9 Å². The van der Waals surface area contributed by atoms with Crippen molar-refractivity contribution < 1.29 is 9.90 Å². The second-order valence-electron chi connectivity index (χ2n) is 6.54. The molecule has 3 rings (SSSR count). The van der Waals surface area contributed by atoms with Gasteiger partial charge >= 0.3 is 6.03 Å². The molecule has 6 nitrogen and oxygen atoms in total. The highest BCUT2D eigenvalue weighted by molar-refractivity contribution is 5.89. The lowest BCUT2D eigenvalue weighted by atomic mass is 10.0. The third-order valence-corrected chi connectivity index (χ3v) is 4.67. The lowest BCUT2D eigenvalue weighted by Crippen LogP contribution is -2.38. The molecule has 0 saturated carbocycles. The average molecular weight is 365 g/mol. The van der Waals surface area contributed by atoms with Gasteiger partial charge in [-0.1, -0.05) is 30.3 Å². The number of hydrogen-bond donors (Lipinski definition) is 3. The molecule has 2 amide bonds. The van der Waals surface area contributed by atoms with E-state index in [1.54, 1.807) is 18.2 Å². The molecule has 3 N–H and O–H groups in total. The van der Waals surface area contributed by atoms with Crippen LogP contribution in [0.3, 0.4) is 0 Å². The van der Waals surface area contributed by atoms with Crippen LogP contribution in [0.4, 0.5) is 10.5 Å². The van der Waals surface area contributed by atoms with Crippen LogP contribution >= 0.6 is 0 Å². The number of carbonyl (C=O) groups is 1. The highest BCUT2D eigenvalue weighted by Gasteiger charge is 2.16. The van der Waals surface area contributed by atoms with Gasteiger partial charge in [-0.05, 0) is 48.6 Å². The summed E-state index contributed by atoms with van der Waals surface area (Å²) < 4.78 is 0. The fourth-order valence-corrected chi connectivity index (χ4v) is 2.99. The van der Waals surface area contributed by atoms with Gasteiger partial charge in [-0.2, -0.15) is 0 Å². The highest BCUT2D eigenvalue weighted by Crippen LogP contribution is 2.19. The number of aliphatic hydroxyl groups excluding tert-OH is 1. The molecule has 0 spiro atoms. The van der Waals surface area contributed by atoms with E-state index in [9.17, 15) is 14.7 Å². The molecular weight excluding hydrogens is 342 g/mol. The molecular formula is C21H23N3O3. The number of pyridine rings is 1. The number of nitrogens with one attached hydrogen (secondary N) is 2. The van der Waals surface area contributed by atoms with Gasteiger partial charge in [0.15, 0.2) is 0 Å². The standard InChI is InChI=1S/C21H23N3O3/c1-14-8-9-16-12-17(20(26)23-19(16)15(14)2)13-24(10-11-25)21(27)22-18-6-4-3-5-7-18/h3-9,12,25H,10-11,13H2,1-2H3,(H,22,27)(H,23,26). The van der Waals surface area contributed by atoms with Crippen LogP contribution in [-0.2, 0) is 6.54 Å². The zero-order valence-electron chi connectivity index (χ0n) is 15.5. The molecule has 27 heavy (non-hydrogen) atoms. The molecule has 2 aromatic carbocycles. The van der Waals surface area contributed by atoms with Gasteiger partial charge in [0.05, 0.1) is 18.7 Å². The number of para-hydroxylation sites is 1. The number of rotatable bonds is 5. The van der Waals surface area contributed by atoms with Crippen LogP contribution in [0.15, 0.2) is 53.3 Å². The van der Waals surface area contributed by atoms with E-state index in [1.165, 1.54) is 4.90 Å². The summed E-state index contributed by atoms with van der Waals surface area (Å²) in [5.74, 6) is 0. The summed E-state index contributed by atoms with van der Waals surface area (Å²) in [7, 11) is 0.